The van der Waals surface area contributed by atoms with Gasteiger partial charge < -0.3 is 10.2 Å². The highest BCUT2D eigenvalue weighted by atomic mass is 19.4. The van der Waals surface area contributed by atoms with Crippen LogP contribution in [0.25, 0.3) is 5.69 Å². The first kappa shape index (κ1) is 22.5. The fourth-order valence-corrected chi connectivity index (χ4v) is 3.10. The van der Waals surface area contributed by atoms with Gasteiger partial charge in [-0.05, 0) is 37.7 Å². The molecule has 0 aliphatic carbocycles. The van der Waals surface area contributed by atoms with Crippen molar-refractivity contribution >= 4 is 23.8 Å². The van der Waals surface area contributed by atoms with Crippen LogP contribution in [0.4, 0.5) is 18.9 Å². The zero-order valence-electron chi connectivity index (χ0n) is 17.6. The van der Waals surface area contributed by atoms with E-state index in [0.717, 1.165) is 11.9 Å². The minimum atomic E-state index is -4.44. The van der Waals surface area contributed by atoms with Gasteiger partial charge in [-0.15, -0.1) is 0 Å². The third-order valence-corrected chi connectivity index (χ3v) is 4.77. The van der Waals surface area contributed by atoms with Gasteiger partial charge in [0.05, 0.1) is 23.3 Å². The smallest absolute Gasteiger partial charge is 0.345 e. The number of rotatable bonds is 5. The van der Waals surface area contributed by atoms with Crippen LogP contribution in [0.15, 0.2) is 40.4 Å². The van der Waals surface area contributed by atoms with E-state index in [1.165, 1.54) is 4.90 Å². The van der Waals surface area contributed by atoms with Gasteiger partial charge in [0.25, 0.3) is 5.91 Å². The van der Waals surface area contributed by atoms with Crippen molar-refractivity contribution in [1.82, 2.24) is 20.0 Å². The predicted octanol–water partition coefficient (Wildman–Crippen LogP) is 2.85. The number of hydrogen-bond donors (Lipinski definition) is 2. The predicted molar refractivity (Wildman–Crippen MR) is 113 cm³/mol. The molecule has 1 aliphatic rings. The zero-order chi connectivity index (χ0) is 22.8. The molecule has 8 nitrogen and oxygen atoms in total. The minimum Gasteiger partial charge on any atom is -0.345 e. The molecule has 0 fully saturated rings. The van der Waals surface area contributed by atoms with Gasteiger partial charge >= 0.3 is 6.18 Å². The minimum absolute atomic E-state index is 0.0704. The van der Waals surface area contributed by atoms with Crippen molar-refractivity contribution in [2.45, 2.75) is 26.2 Å². The lowest BCUT2D eigenvalue weighted by Gasteiger charge is -2.27. The number of nitrogens with zero attached hydrogens (tertiary/aromatic N) is 5. The van der Waals surface area contributed by atoms with E-state index in [4.69, 9.17) is 0 Å². The van der Waals surface area contributed by atoms with Crippen LogP contribution in [0.1, 0.15) is 23.0 Å². The molecule has 2 N–H and O–H groups in total. The number of halogens is 3. The lowest BCUT2D eigenvalue weighted by atomic mass is 10.1. The summed E-state index contributed by atoms with van der Waals surface area (Å²) in [7, 11) is 3.36. The first-order chi connectivity index (χ1) is 14.6. The van der Waals surface area contributed by atoms with Gasteiger partial charge in [-0.1, -0.05) is 6.92 Å². The van der Waals surface area contributed by atoms with Gasteiger partial charge in [-0.2, -0.15) is 18.3 Å². The second-order valence-corrected chi connectivity index (χ2v) is 7.23. The molecular weight excluding hydrogens is 411 g/mol. The fourth-order valence-electron chi connectivity index (χ4n) is 3.10. The van der Waals surface area contributed by atoms with Gasteiger partial charge in [-0.3, -0.25) is 10.1 Å². The SMILES string of the molecule is CCNC1N=C(Nc2cnn(-c3ccc(C(=O)N(C)C)cc3)c2C)N=CC1C(F)(F)F. The van der Waals surface area contributed by atoms with Crippen molar-refractivity contribution in [3.05, 3.63) is 41.7 Å². The summed E-state index contributed by atoms with van der Waals surface area (Å²) in [6.45, 7) is 3.86. The van der Waals surface area contributed by atoms with Gasteiger partial charge in [0.1, 0.15) is 12.1 Å². The van der Waals surface area contributed by atoms with Crippen LogP contribution < -0.4 is 10.6 Å². The number of alkyl halides is 3. The highest BCUT2D eigenvalue weighted by Gasteiger charge is 2.45. The molecule has 2 atom stereocenters. The number of aromatic nitrogens is 2. The molecule has 0 saturated carbocycles. The Labute approximate surface area is 177 Å². The topological polar surface area (TPSA) is 86.9 Å². The van der Waals surface area contributed by atoms with E-state index in [9.17, 15) is 18.0 Å². The molecule has 166 valence electrons. The summed E-state index contributed by atoms with van der Waals surface area (Å²) in [6, 6.07) is 6.96. The van der Waals surface area contributed by atoms with E-state index in [1.807, 2.05) is 6.92 Å². The molecule has 0 bridgehead atoms. The first-order valence-corrected chi connectivity index (χ1v) is 9.67. The largest absolute Gasteiger partial charge is 0.400 e. The normalized spacial score (nSPS) is 18.6. The monoisotopic (exact) mass is 435 g/mol. The molecule has 0 radical (unpaired) electrons. The Balaban J connectivity index is 1.79. The maximum atomic E-state index is 13.2. The van der Waals surface area contributed by atoms with Crippen molar-refractivity contribution in [1.29, 1.82) is 0 Å². The third-order valence-electron chi connectivity index (χ3n) is 4.77. The Kier molecular flexibility index (Phi) is 6.44. The molecule has 0 saturated heterocycles. The van der Waals surface area contributed by atoms with Gasteiger partial charge in [0.2, 0.25) is 5.96 Å². The zero-order valence-corrected chi connectivity index (χ0v) is 17.6. The van der Waals surface area contributed by atoms with Gasteiger partial charge in [0.15, 0.2) is 0 Å². The maximum Gasteiger partial charge on any atom is 0.400 e. The highest BCUT2D eigenvalue weighted by Crippen LogP contribution is 2.30. The Morgan fingerprint density at radius 2 is 1.90 bits per heavy atom. The molecule has 2 heterocycles. The average molecular weight is 435 g/mol. The Morgan fingerprint density at radius 1 is 1.23 bits per heavy atom. The van der Waals surface area contributed by atoms with Crippen LogP contribution in [0, 0.1) is 12.8 Å². The molecule has 1 aliphatic heterocycles. The van der Waals surface area contributed by atoms with Crippen LogP contribution >= 0.6 is 0 Å². The van der Waals surface area contributed by atoms with E-state index >= 15 is 0 Å². The quantitative estimate of drug-likeness (QED) is 0.756. The number of carbonyl (C=O) groups is 1. The van der Waals surface area contributed by atoms with E-state index in [-0.39, 0.29) is 11.9 Å². The number of amides is 1. The Bertz CT molecular complexity index is 993. The fraction of sp³-hybridized carbons (Fsp3) is 0.400. The lowest BCUT2D eigenvalue weighted by molar-refractivity contribution is -0.160. The van der Waals surface area contributed by atoms with Crippen LogP contribution in [0.2, 0.25) is 0 Å². The van der Waals surface area contributed by atoms with Crippen molar-refractivity contribution in [3.63, 3.8) is 0 Å². The second kappa shape index (κ2) is 8.88. The molecule has 1 amide bonds. The number of carbonyl (C=O) groups excluding carboxylic acids is 1. The number of hydrogen-bond acceptors (Lipinski definition) is 6. The average Bonchev–Trinajstić information content (AvgIpc) is 3.07. The van der Waals surface area contributed by atoms with Crippen LogP contribution in [0.5, 0.6) is 0 Å². The molecule has 1 aromatic carbocycles. The van der Waals surface area contributed by atoms with Crippen LogP contribution in [-0.2, 0) is 0 Å². The number of guanidine groups is 1. The summed E-state index contributed by atoms with van der Waals surface area (Å²) in [5, 5.41) is 10.0. The summed E-state index contributed by atoms with van der Waals surface area (Å²) >= 11 is 0. The molecule has 0 spiro atoms. The molecule has 11 heteroatoms. The molecule has 31 heavy (non-hydrogen) atoms. The Morgan fingerprint density at radius 3 is 2.48 bits per heavy atom. The van der Waals surface area contributed by atoms with E-state index in [2.05, 4.69) is 25.7 Å². The van der Waals surface area contributed by atoms with Gasteiger partial charge in [0, 0.05) is 25.9 Å². The maximum absolute atomic E-state index is 13.2. The second-order valence-electron chi connectivity index (χ2n) is 7.23. The molecule has 2 aromatic rings. The first-order valence-electron chi connectivity index (χ1n) is 9.67. The van der Waals surface area contributed by atoms with Crippen LogP contribution in [-0.4, -0.2) is 65.7 Å². The van der Waals surface area contributed by atoms with E-state index in [1.54, 1.807) is 56.2 Å². The Hall–Kier alpha value is -3.21. The standard InChI is InChI=1S/C20H24F3N7O/c1-5-24-17-15(20(21,22)23)10-25-19(28-17)27-16-11-26-30(12(16)2)14-8-6-13(7-9-14)18(31)29(3)4/h6-11,15,17,24H,5H2,1-4H3,(H,27,28). The van der Waals surface area contributed by atoms with Crippen molar-refractivity contribution in [2.24, 2.45) is 15.9 Å². The number of anilines is 1. The summed E-state index contributed by atoms with van der Waals surface area (Å²) in [4.78, 5) is 21.5. The van der Waals surface area contributed by atoms with Gasteiger partial charge in [-0.25, -0.2) is 14.7 Å². The summed E-state index contributed by atoms with van der Waals surface area (Å²) < 4.78 is 41.2. The van der Waals surface area contributed by atoms with Crippen molar-refractivity contribution in [2.75, 3.05) is 26.0 Å². The molecule has 1 aromatic heterocycles. The number of benzene rings is 1. The molecule has 2 unspecified atom stereocenters. The summed E-state index contributed by atoms with van der Waals surface area (Å²) in [6.07, 6.45) is -3.18. The van der Waals surface area contributed by atoms with Crippen molar-refractivity contribution in [3.8, 4) is 5.69 Å². The summed E-state index contributed by atoms with van der Waals surface area (Å²) in [5.74, 6) is -1.82. The lowest BCUT2D eigenvalue weighted by Crippen LogP contribution is -2.46. The molecular formula is C20H24F3N7O. The van der Waals surface area contributed by atoms with Crippen LogP contribution in [0.3, 0.4) is 0 Å². The summed E-state index contributed by atoms with van der Waals surface area (Å²) in [5.41, 5.74) is 2.56. The van der Waals surface area contributed by atoms with Crippen molar-refractivity contribution < 1.29 is 18.0 Å². The van der Waals surface area contributed by atoms with E-state index < -0.39 is 18.3 Å². The van der Waals surface area contributed by atoms with E-state index in [0.29, 0.717) is 23.5 Å². The highest BCUT2D eigenvalue weighted by molar-refractivity contribution is 6.00. The molecule has 3 rings (SSSR count). The third kappa shape index (κ3) is 4.93. The number of nitrogens with one attached hydrogen (secondary N) is 2. The number of aliphatic imine (C=N–C) groups is 2.